The van der Waals surface area contributed by atoms with Gasteiger partial charge in [-0.3, -0.25) is 4.79 Å². The molecule has 1 aromatic rings. The summed E-state index contributed by atoms with van der Waals surface area (Å²) in [5, 5.41) is 3.09. The first-order valence-electron chi connectivity index (χ1n) is 7.36. The number of nitrogens with one attached hydrogen (secondary N) is 1. The first kappa shape index (κ1) is 14.9. The number of carbonyl (C=O) groups excluding carboxylic acids is 1. The number of likely N-dealkylation sites (N-methyl/N-ethyl adjacent to an activating group) is 1. The standard InChI is InChI=1S/C16H25N3O/c1-13-11-18(3)15-8-5-4-7-14(15)12-19(13)16(20)9-6-10-17-2/h4-5,7-8,13,17H,6,9-12H2,1-3H3. The van der Waals surface area contributed by atoms with Crippen molar-refractivity contribution in [1.82, 2.24) is 10.2 Å². The molecule has 0 saturated heterocycles. The van der Waals surface area contributed by atoms with Gasteiger partial charge in [-0.1, -0.05) is 18.2 Å². The lowest BCUT2D eigenvalue weighted by Crippen LogP contribution is -2.42. The molecule has 20 heavy (non-hydrogen) atoms. The second-order valence-electron chi connectivity index (χ2n) is 5.59. The van der Waals surface area contributed by atoms with Gasteiger partial charge in [0.05, 0.1) is 0 Å². The Morgan fingerprint density at radius 1 is 1.40 bits per heavy atom. The molecule has 4 heteroatoms. The summed E-state index contributed by atoms with van der Waals surface area (Å²) in [6, 6.07) is 8.61. The van der Waals surface area contributed by atoms with Crippen molar-refractivity contribution >= 4 is 11.6 Å². The van der Waals surface area contributed by atoms with E-state index in [2.05, 4.69) is 42.4 Å². The minimum atomic E-state index is 0.245. The molecule has 1 atom stereocenters. The van der Waals surface area contributed by atoms with Crippen LogP contribution in [0.15, 0.2) is 24.3 Å². The minimum absolute atomic E-state index is 0.245. The van der Waals surface area contributed by atoms with E-state index in [-0.39, 0.29) is 11.9 Å². The highest BCUT2D eigenvalue weighted by atomic mass is 16.2. The average molecular weight is 275 g/mol. The zero-order valence-corrected chi connectivity index (χ0v) is 12.7. The van der Waals surface area contributed by atoms with Crippen LogP contribution in [0, 0.1) is 0 Å². The minimum Gasteiger partial charge on any atom is -0.372 e. The van der Waals surface area contributed by atoms with E-state index in [1.54, 1.807) is 0 Å². The Morgan fingerprint density at radius 3 is 2.90 bits per heavy atom. The van der Waals surface area contributed by atoms with E-state index in [1.165, 1.54) is 11.3 Å². The number of rotatable bonds is 4. The number of fused-ring (bicyclic) bond motifs is 1. The molecule has 4 nitrogen and oxygen atoms in total. The van der Waals surface area contributed by atoms with Crippen LogP contribution in [0.4, 0.5) is 5.69 Å². The Morgan fingerprint density at radius 2 is 2.15 bits per heavy atom. The lowest BCUT2D eigenvalue weighted by molar-refractivity contribution is -0.133. The van der Waals surface area contributed by atoms with Gasteiger partial charge in [-0.05, 0) is 38.6 Å². The maximum Gasteiger partial charge on any atom is 0.223 e. The van der Waals surface area contributed by atoms with Gasteiger partial charge in [-0.2, -0.15) is 0 Å². The first-order chi connectivity index (χ1) is 9.63. The molecule has 1 aliphatic heterocycles. The highest BCUT2D eigenvalue weighted by Gasteiger charge is 2.26. The van der Waals surface area contributed by atoms with Crippen LogP contribution < -0.4 is 10.2 Å². The fourth-order valence-corrected chi connectivity index (χ4v) is 2.84. The van der Waals surface area contributed by atoms with Crippen LogP contribution in [-0.2, 0) is 11.3 Å². The Hall–Kier alpha value is -1.55. The molecule has 0 saturated carbocycles. The predicted octanol–water partition coefficient (Wildman–Crippen LogP) is 1.85. The van der Waals surface area contributed by atoms with Crippen molar-refractivity contribution < 1.29 is 4.79 Å². The van der Waals surface area contributed by atoms with Crippen molar-refractivity contribution in [2.24, 2.45) is 0 Å². The van der Waals surface area contributed by atoms with E-state index in [0.717, 1.165) is 26.1 Å². The molecule has 1 N–H and O–H groups in total. The van der Waals surface area contributed by atoms with E-state index in [9.17, 15) is 4.79 Å². The normalized spacial score (nSPS) is 18.6. The van der Waals surface area contributed by atoms with E-state index in [1.807, 2.05) is 18.0 Å². The molecule has 1 unspecified atom stereocenters. The Bertz CT molecular complexity index is 461. The van der Waals surface area contributed by atoms with Gasteiger partial charge in [0.15, 0.2) is 0 Å². The topological polar surface area (TPSA) is 35.6 Å². The number of hydrogen-bond acceptors (Lipinski definition) is 3. The maximum atomic E-state index is 12.4. The third-order valence-corrected chi connectivity index (χ3v) is 3.95. The van der Waals surface area contributed by atoms with E-state index in [4.69, 9.17) is 0 Å². The summed E-state index contributed by atoms with van der Waals surface area (Å²) >= 11 is 0. The van der Waals surface area contributed by atoms with Crippen LogP contribution in [0.1, 0.15) is 25.3 Å². The molecule has 1 amide bonds. The summed E-state index contributed by atoms with van der Waals surface area (Å²) in [6.07, 6.45) is 1.52. The lowest BCUT2D eigenvalue weighted by Gasteiger charge is -2.28. The second kappa shape index (κ2) is 6.75. The summed E-state index contributed by atoms with van der Waals surface area (Å²) in [4.78, 5) is 16.7. The van der Waals surface area contributed by atoms with Crippen LogP contribution in [0.2, 0.25) is 0 Å². The second-order valence-corrected chi connectivity index (χ2v) is 5.59. The van der Waals surface area contributed by atoms with Crippen molar-refractivity contribution in [1.29, 1.82) is 0 Å². The Kier molecular flexibility index (Phi) is 5.01. The summed E-state index contributed by atoms with van der Waals surface area (Å²) in [5.41, 5.74) is 2.48. The third-order valence-electron chi connectivity index (χ3n) is 3.95. The smallest absolute Gasteiger partial charge is 0.223 e. The van der Waals surface area contributed by atoms with Crippen molar-refractivity contribution in [2.45, 2.75) is 32.4 Å². The predicted molar refractivity (Wildman–Crippen MR) is 82.9 cm³/mol. The Labute approximate surface area is 121 Å². The summed E-state index contributed by atoms with van der Waals surface area (Å²) in [5.74, 6) is 0.262. The van der Waals surface area contributed by atoms with Crippen molar-refractivity contribution in [3.05, 3.63) is 29.8 Å². The van der Waals surface area contributed by atoms with Gasteiger partial charge < -0.3 is 15.1 Å². The van der Waals surface area contributed by atoms with E-state index in [0.29, 0.717) is 6.42 Å². The number of para-hydroxylation sites is 1. The third kappa shape index (κ3) is 3.31. The molecular formula is C16H25N3O. The van der Waals surface area contributed by atoms with Gasteiger partial charge in [-0.15, -0.1) is 0 Å². The van der Waals surface area contributed by atoms with Gasteiger partial charge in [0.25, 0.3) is 0 Å². The van der Waals surface area contributed by atoms with Gasteiger partial charge in [0.2, 0.25) is 5.91 Å². The zero-order valence-electron chi connectivity index (χ0n) is 12.7. The van der Waals surface area contributed by atoms with Gasteiger partial charge >= 0.3 is 0 Å². The molecule has 2 rings (SSSR count). The molecule has 1 aromatic carbocycles. The fraction of sp³-hybridized carbons (Fsp3) is 0.562. The number of nitrogens with zero attached hydrogens (tertiary/aromatic N) is 2. The summed E-state index contributed by atoms with van der Waals surface area (Å²) in [6.45, 7) is 4.64. The largest absolute Gasteiger partial charge is 0.372 e. The zero-order chi connectivity index (χ0) is 14.5. The molecule has 0 aliphatic carbocycles. The van der Waals surface area contributed by atoms with Gasteiger partial charge in [-0.25, -0.2) is 0 Å². The molecular weight excluding hydrogens is 250 g/mol. The Balaban J connectivity index is 2.12. The molecule has 0 aromatic heterocycles. The molecule has 1 heterocycles. The summed E-state index contributed by atoms with van der Waals surface area (Å²) in [7, 11) is 4.02. The van der Waals surface area contributed by atoms with Gasteiger partial charge in [0, 0.05) is 38.3 Å². The fourth-order valence-electron chi connectivity index (χ4n) is 2.84. The lowest BCUT2D eigenvalue weighted by atomic mass is 10.1. The number of carbonyl (C=O) groups is 1. The number of benzene rings is 1. The van der Waals surface area contributed by atoms with Crippen molar-refractivity contribution in [2.75, 3.05) is 32.1 Å². The SMILES string of the molecule is CNCCCC(=O)N1Cc2ccccc2N(C)CC1C. The number of hydrogen-bond donors (Lipinski definition) is 1. The summed E-state index contributed by atoms with van der Waals surface area (Å²) < 4.78 is 0. The molecule has 0 spiro atoms. The van der Waals surface area contributed by atoms with Crippen LogP contribution in [0.25, 0.3) is 0 Å². The van der Waals surface area contributed by atoms with Crippen LogP contribution in [0.3, 0.4) is 0 Å². The highest BCUT2D eigenvalue weighted by molar-refractivity contribution is 5.77. The quantitative estimate of drug-likeness (QED) is 0.852. The molecule has 0 fully saturated rings. The van der Waals surface area contributed by atoms with Crippen molar-refractivity contribution in [3.8, 4) is 0 Å². The van der Waals surface area contributed by atoms with E-state index < -0.39 is 0 Å². The van der Waals surface area contributed by atoms with Gasteiger partial charge in [0.1, 0.15) is 0 Å². The highest BCUT2D eigenvalue weighted by Crippen LogP contribution is 2.26. The van der Waals surface area contributed by atoms with E-state index >= 15 is 0 Å². The molecule has 0 radical (unpaired) electrons. The van der Waals surface area contributed by atoms with Crippen molar-refractivity contribution in [3.63, 3.8) is 0 Å². The molecule has 1 aliphatic rings. The monoisotopic (exact) mass is 275 g/mol. The average Bonchev–Trinajstić information content (AvgIpc) is 2.56. The number of amides is 1. The van der Waals surface area contributed by atoms with Crippen LogP contribution in [0.5, 0.6) is 0 Å². The molecule has 110 valence electrons. The molecule has 0 bridgehead atoms. The van der Waals surface area contributed by atoms with Crippen LogP contribution >= 0.6 is 0 Å². The van der Waals surface area contributed by atoms with Crippen LogP contribution in [-0.4, -0.2) is 44.0 Å². The number of anilines is 1. The maximum absolute atomic E-state index is 12.4. The first-order valence-corrected chi connectivity index (χ1v) is 7.36.